The molecule has 0 saturated carbocycles. The molecule has 0 aromatic heterocycles. The molecule has 0 bridgehead atoms. The van der Waals surface area contributed by atoms with Crippen LogP contribution in [0.2, 0.25) is 0 Å². The van der Waals surface area contributed by atoms with Gasteiger partial charge in [0.25, 0.3) is 5.91 Å². The molecular weight excluding hydrogens is 365 g/mol. The summed E-state index contributed by atoms with van der Waals surface area (Å²) in [5.74, 6) is 0.624. The van der Waals surface area contributed by atoms with Crippen molar-refractivity contribution in [2.45, 2.75) is 27.2 Å². The number of rotatable bonds is 6. The molecule has 1 amide bonds. The number of amides is 1. The molecule has 2 aromatic carbocycles. The number of nitrogens with one attached hydrogen (secondary N) is 3. The summed E-state index contributed by atoms with van der Waals surface area (Å²) >= 11 is 5.09. The molecule has 3 N–H and O–H groups in total. The number of anilines is 1. The molecule has 27 heavy (non-hydrogen) atoms. The second-order valence-corrected chi connectivity index (χ2v) is 6.96. The van der Waals surface area contributed by atoms with E-state index in [2.05, 4.69) is 30.0 Å². The maximum absolute atomic E-state index is 13.5. The van der Waals surface area contributed by atoms with Gasteiger partial charge in [-0.25, -0.2) is 4.39 Å². The number of hydrogen-bond donors (Lipinski definition) is 3. The van der Waals surface area contributed by atoms with Gasteiger partial charge < -0.3 is 10.1 Å². The lowest BCUT2D eigenvalue weighted by atomic mass is 10.1. The average molecular weight is 389 g/mol. The van der Waals surface area contributed by atoms with E-state index in [9.17, 15) is 9.18 Å². The monoisotopic (exact) mass is 389 g/mol. The smallest absolute Gasteiger partial charge is 0.269 e. The highest BCUT2D eigenvalue weighted by molar-refractivity contribution is 7.80. The van der Waals surface area contributed by atoms with Gasteiger partial charge in [-0.15, -0.1) is 0 Å². The van der Waals surface area contributed by atoms with Crippen LogP contribution >= 0.6 is 12.2 Å². The van der Waals surface area contributed by atoms with Crippen LogP contribution in [0.25, 0.3) is 0 Å². The fourth-order valence-corrected chi connectivity index (χ4v) is 2.30. The van der Waals surface area contributed by atoms with Gasteiger partial charge in [-0.05, 0) is 73.4 Å². The summed E-state index contributed by atoms with van der Waals surface area (Å²) in [4.78, 5) is 12.2. The zero-order valence-electron chi connectivity index (χ0n) is 15.6. The lowest BCUT2D eigenvalue weighted by Gasteiger charge is -2.12. The summed E-state index contributed by atoms with van der Waals surface area (Å²) in [6.07, 6.45) is 0.974. The van der Waals surface area contributed by atoms with Gasteiger partial charge in [0.15, 0.2) is 5.11 Å². The van der Waals surface area contributed by atoms with Crippen LogP contribution in [0.3, 0.4) is 0 Å². The lowest BCUT2D eigenvalue weighted by molar-refractivity contribution is 0.0944. The van der Waals surface area contributed by atoms with E-state index in [1.165, 1.54) is 6.07 Å². The number of benzene rings is 2. The molecule has 0 saturated heterocycles. The standard InChI is InChI=1S/C20H24FN3O2S/c1-13(2)10-11-26-17-8-5-15(6-9-17)19(25)23-24-20(27)22-16-7-4-14(3)18(21)12-16/h4-9,12-13H,10-11H2,1-3H3,(H,23,25)(H2,22,24,27). The van der Waals surface area contributed by atoms with Crippen LogP contribution in [0.4, 0.5) is 10.1 Å². The van der Waals surface area contributed by atoms with Crippen LogP contribution in [0, 0.1) is 18.7 Å². The minimum Gasteiger partial charge on any atom is -0.494 e. The molecule has 0 aliphatic heterocycles. The van der Waals surface area contributed by atoms with Crippen molar-refractivity contribution < 1.29 is 13.9 Å². The van der Waals surface area contributed by atoms with Gasteiger partial charge >= 0.3 is 0 Å². The first-order valence-electron chi connectivity index (χ1n) is 8.71. The highest BCUT2D eigenvalue weighted by atomic mass is 32.1. The Bertz CT molecular complexity index is 794. The van der Waals surface area contributed by atoms with Gasteiger partial charge in [-0.1, -0.05) is 19.9 Å². The summed E-state index contributed by atoms with van der Waals surface area (Å²) in [5.41, 5.74) is 6.59. The zero-order valence-corrected chi connectivity index (χ0v) is 16.5. The molecule has 0 aliphatic rings. The van der Waals surface area contributed by atoms with Crippen molar-refractivity contribution >= 4 is 28.9 Å². The first-order valence-corrected chi connectivity index (χ1v) is 9.12. The van der Waals surface area contributed by atoms with E-state index in [0.717, 1.165) is 12.2 Å². The first-order chi connectivity index (χ1) is 12.8. The molecule has 5 nitrogen and oxygen atoms in total. The zero-order chi connectivity index (χ0) is 19.8. The third kappa shape index (κ3) is 6.86. The maximum atomic E-state index is 13.5. The Morgan fingerprint density at radius 1 is 1.15 bits per heavy atom. The number of hydrazine groups is 1. The molecule has 0 aliphatic carbocycles. The van der Waals surface area contributed by atoms with E-state index in [4.69, 9.17) is 17.0 Å². The fraction of sp³-hybridized carbons (Fsp3) is 0.300. The van der Waals surface area contributed by atoms with E-state index in [-0.39, 0.29) is 16.8 Å². The Morgan fingerprint density at radius 2 is 1.85 bits per heavy atom. The van der Waals surface area contributed by atoms with Gasteiger partial charge in [-0.3, -0.25) is 15.6 Å². The Morgan fingerprint density at radius 3 is 2.48 bits per heavy atom. The molecule has 0 atom stereocenters. The maximum Gasteiger partial charge on any atom is 0.269 e. The van der Waals surface area contributed by atoms with Gasteiger partial charge in [-0.2, -0.15) is 0 Å². The summed E-state index contributed by atoms with van der Waals surface area (Å²) in [6, 6.07) is 11.5. The molecule has 0 heterocycles. The third-order valence-corrected chi connectivity index (χ3v) is 4.00. The highest BCUT2D eigenvalue weighted by Crippen LogP contribution is 2.14. The summed E-state index contributed by atoms with van der Waals surface area (Å²) in [7, 11) is 0. The van der Waals surface area contributed by atoms with E-state index >= 15 is 0 Å². The SMILES string of the molecule is Cc1ccc(NC(=S)NNC(=O)c2ccc(OCCC(C)C)cc2)cc1F. The minimum absolute atomic E-state index is 0.153. The van der Waals surface area contributed by atoms with E-state index in [0.29, 0.717) is 29.3 Å². The lowest BCUT2D eigenvalue weighted by Crippen LogP contribution is -2.43. The van der Waals surface area contributed by atoms with Crippen molar-refractivity contribution in [3.05, 3.63) is 59.4 Å². The second-order valence-electron chi connectivity index (χ2n) is 6.55. The van der Waals surface area contributed by atoms with Crippen LogP contribution in [0.15, 0.2) is 42.5 Å². The number of halogens is 1. The van der Waals surface area contributed by atoms with Gasteiger partial charge in [0, 0.05) is 11.3 Å². The van der Waals surface area contributed by atoms with E-state index in [1.807, 2.05) is 0 Å². The Hall–Kier alpha value is -2.67. The van der Waals surface area contributed by atoms with Gasteiger partial charge in [0.1, 0.15) is 11.6 Å². The molecule has 0 spiro atoms. The molecule has 144 valence electrons. The van der Waals surface area contributed by atoms with Crippen LogP contribution in [0.5, 0.6) is 5.75 Å². The van der Waals surface area contributed by atoms with E-state index in [1.54, 1.807) is 43.3 Å². The quantitative estimate of drug-likeness (QED) is 0.511. The molecule has 2 aromatic rings. The number of carbonyl (C=O) groups is 1. The Balaban J connectivity index is 1.80. The molecule has 0 radical (unpaired) electrons. The van der Waals surface area contributed by atoms with Crippen LogP contribution in [-0.2, 0) is 0 Å². The van der Waals surface area contributed by atoms with Crippen molar-refractivity contribution in [1.29, 1.82) is 0 Å². The van der Waals surface area contributed by atoms with Crippen molar-refractivity contribution in [3.8, 4) is 5.75 Å². The van der Waals surface area contributed by atoms with E-state index < -0.39 is 0 Å². The number of hydrogen-bond acceptors (Lipinski definition) is 3. The third-order valence-electron chi connectivity index (χ3n) is 3.80. The number of aryl methyl sites for hydroxylation is 1. The van der Waals surface area contributed by atoms with Crippen molar-refractivity contribution in [3.63, 3.8) is 0 Å². The molecular formula is C20H24FN3O2S. The summed E-state index contributed by atoms with van der Waals surface area (Å²) < 4.78 is 19.2. The summed E-state index contributed by atoms with van der Waals surface area (Å²) in [5, 5.41) is 2.96. The normalized spacial score (nSPS) is 10.4. The predicted octanol–water partition coefficient (Wildman–Crippen LogP) is 4.19. The topological polar surface area (TPSA) is 62.4 Å². The number of ether oxygens (including phenoxy) is 1. The molecule has 0 fully saturated rings. The second kappa shape index (κ2) is 9.87. The Kier molecular flexibility index (Phi) is 7.55. The Labute approximate surface area is 164 Å². The summed E-state index contributed by atoms with van der Waals surface area (Å²) in [6.45, 7) is 6.59. The first kappa shape index (κ1) is 20.6. The molecule has 7 heteroatoms. The largest absolute Gasteiger partial charge is 0.494 e. The minimum atomic E-state index is -0.344. The predicted molar refractivity (Wildman–Crippen MR) is 109 cm³/mol. The number of thiocarbonyl (C=S) groups is 1. The average Bonchev–Trinajstić information content (AvgIpc) is 2.63. The highest BCUT2D eigenvalue weighted by Gasteiger charge is 2.07. The number of carbonyl (C=O) groups excluding carboxylic acids is 1. The van der Waals surface area contributed by atoms with Crippen LogP contribution in [-0.4, -0.2) is 17.6 Å². The van der Waals surface area contributed by atoms with Crippen LogP contribution in [0.1, 0.15) is 36.2 Å². The van der Waals surface area contributed by atoms with Crippen LogP contribution < -0.4 is 20.9 Å². The van der Waals surface area contributed by atoms with Gasteiger partial charge in [0.05, 0.1) is 6.61 Å². The molecule has 2 rings (SSSR count). The van der Waals surface area contributed by atoms with Crippen molar-refractivity contribution in [1.82, 2.24) is 10.9 Å². The fourth-order valence-electron chi connectivity index (χ4n) is 2.13. The van der Waals surface area contributed by atoms with Gasteiger partial charge in [0.2, 0.25) is 0 Å². The molecule has 0 unspecified atom stereocenters. The van der Waals surface area contributed by atoms with Crippen molar-refractivity contribution in [2.75, 3.05) is 11.9 Å². The van der Waals surface area contributed by atoms with Crippen molar-refractivity contribution in [2.24, 2.45) is 5.92 Å².